The van der Waals surface area contributed by atoms with E-state index >= 15 is 0 Å². The van der Waals surface area contributed by atoms with Crippen LogP contribution in [0.25, 0.3) is 0 Å². The van der Waals surface area contributed by atoms with E-state index in [1.165, 1.54) is 5.56 Å². The van der Waals surface area contributed by atoms with Crippen molar-refractivity contribution in [3.63, 3.8) is 0 Å². The van der Waals surface area contributed by atoms with Gasteiger partial charge >= 0.3 is 0 Å². The largest absolute Gasteiger partial charge is 0.497 e. The van der Waals surface area contributed by atoms with Crippen molar-refractivity contribution < 1.29 is 14.4 Å². The van der Waals surface area contributed by atoms with Crippen LogP contribution in [0.2, 0.25) is 0 Å². The number of carbonyl (C=O) groups is 1. The predicted molar refractivity (Wildman–Crippen MR) is 104 cm³/mol. The molecule has 2 aromatic rings. The number of oxime groups is 1. The number of hydrogen-bond acceptors (Lipinski definition) is 4. The van der Waals surface area contributed by atoms with Crippen molar-refractivity contribution in [2.24, 2.45) is 5.16 Å². The van der Waals surface area contributed by atoms with Gasteiger partial charge in [-0.3, -0.25) is 4.79 Å². The van der Waals surface area contributed by atoms with E-state index < -0.39 is 0 Å². The van der Waals surface area contributed by atoms with E-state index in [9.17, 15) is 4.79 Å². The fraction of sp³-hybridized carbons (Fsp3) is 0.333. The Hall–Kier alpha value is -2.82. The summed E-state index contributed by atoms with van der Waals surface area (Å²) in [6.45, 7) is 4.76. The Labute approximate surface area is 155 Å². The van der Waals surface area contributed by atoms with E-state index in [2.05, 4.69) is 36.5 Å². The molecule has 0 bridgehead atoms. The number of benzene rings is 2. The summed E-state index contributed by atoms with van der Waals surface area (Å²) in [5.74, 6) is 1.13. The van der Waals surface area contributed by atoms with Crippen LogP contribution >= 0.6 is 0 Å². The molecular weight excluding hydrogens is 328 g/mol. The third-order valence-electron chi connectivity index (χ3n) is 3.97. The van der Waals surface area contributed by atoms with Crippen molar-refractivity contribution in [2.45, 2.75) is 26.2 Å². The minimum absolute atomic E-state index is 0.0941. The fourth-order valence-corrected chi connectivity index (χ4v) is 2.35. The molecular formula is C21H26N2O3. The minimum atomic E-state index is -0.189. The van der Waals surface area contributed by atoms with Gasteiger partial charge in [0.25, 0.3) is 5.91 Å². The first-order valence-corrected chi connectivity index (χ1v) is 8.73. The summed E-state index contributed by atoms with van der Waals surface area (Å²) in [6.07, 6.45) is 2.36. The van der Waals surface area contributed by atoms with Crippen molar-refractivity contribution in [2.75, 3.05) is 20.3 Å². The standard InChI is InChI=1S/C21H26N2O3/c1-16(2)19-8-4-18(5-9-19)14-23-26-15-21(24)22-13-12-17-6-10-20(25-3)11-7-17/h4-11,14,16H,12-13,15H2,1-3H3,(H,22,24)/b23-14-. The molecule has 0 spiro atoms. The van der Waals surface area contributed by atoms with Gasteiger partial charge in [-0.15, -0.1) is 0 Å². The average molecular weight is 354 g/mol. The van der Waals surface area contributed by atoms with Crippen LogP contribution < -0.4 is 10.1 Å². The monoisotopic (exact) mass is 354 g/mol. The van der Waals surface area contributed by atoms with Gasteiger partial charge in [-0.25, -0.2) is 0 Å². The van der Waals surface area contributed by atoms with Crippen molar-refractivity contribution in [1.82, 2.24) is 5.32 Å². The maximum atomic E-state index is 11.7. The number of methoxy groups -OCH3 is 1. The van der Waals surface area contributed by atoms with Crippen molar-refractivity contribution >= 4 is 12.1 Å². The molecule has 0 radical (unpaired) electrons. The molecule has 0 aromatic heterocycles. The molecule has 2 rings (SSSR count). The van der Waals surface area contributed by atoms with Crippen molar-refractivity contribution in [3.8, 4) is 5.75 Å². The number of nitrogens with zero attached hydrogens (tertiary/aromatic N) is 1. The summed E-state index contributed by atoms with van der Waals surface area (Å²) in [7, 11) is 1.64. The van der Waals surface area contributed by atoms with E-state index in [-0.39, 0.29) is 12.5 Å². The third-order valence-corrected chi connectivity index (χ3v) is 3.97. The topological polar surface area (TPSA) is 59.9 Å². The first-order valence-electron chi connectivity index (χ1n) is 8.73. The van der Waals surface area contributed by atoms with E-state index in [1.54, 1.807) is 13.3 Å². The molecule has 5 heteroatoms. The highest BCUT2D eigenvalue weighted by molar-refractivity contribution is 5.79. The first kappa shape index (κ1) is 19.5. The summed E-state index contributed by atoms with van der Waals surface area (Å²) < 4.78 is 5.12. The maximum Gasteiger partial charge on any atom is 0.260 e. The predicted octanol–water partition coefficient (Wildman–Crippen LogP) is 3.53. The molecule has 0 atom stereocenters. The highest BCUT2D eigenvalue weighted by atomic mass is 16.6. The third kappa shape index (κ3) is 6.59. The van der Waals surface area contributed by atoms with E-state index in [0.29, 0.717) is 12.5 Å². The van der Waals surface area contributed by atoms with Crippen LogP contribution in [0, 0.1) is 0 Å². The van der Waals surface area contributed by atoms with Gasteiger partial charge in [0, 0.05) is 6.54 Å². The second kappa shape index (κ2) is 10.2. The van der Waals surface area contributed by atoms with E-state index in [4.69, 9.17) is 9.57 Å². The molecule has 0 aliphatic carbocycles. The van der Waals surface area contributed by atoms with Gasteiger partial charge in [-0.1, -0.05) is 55.4 Å². The highest BCUT2D eigenvalue weighted by Gasteiger charge is 2.02. The molecule has 26 heavy (non-hydrogen) atoms. The highest BCUT2D eigenvalue weighted by Crippen LogP contribution is 2.14. The molecule has 1 amide bonds. The van der Waals surface area contributed by atoms with Crippen molar-refractivity contribution in [3.05, 3.63) is 65.2 Å². The number of hydrogen-bond donors (Lipinski definition) is 1. The second-order valence-electron chi connectivity index (χ2n) is 6.28. The number of amides is 1. The van der Waals surface area contributed by atoms with Crippen LogP contribution in [-0.2, 0) is 16.1 Å². The number of nitrogens with one attached hydrogen (secondary N) is 1. The van der Waals surface area contributed by atoms with Crippen molar-refractivity contribution in [1.29, 1.82) is 0 Å². The van der Waals surface area contributed by atoms with Gasteiger partial charge in [-0.2, -0.15) is 0 Å². The molecule has 0 saturated heterocycles. The zero-order valence-electron chi connectivity index (χ0n) is 15.6. The molecule has 0 aliphatic heterocycles. The fourth-order valence-electron chi connectivity index (χ4n) is 2.35. The lowest BCUT2D eigenvalue weighted by Gasteiger charge is -2.06. The van der Waals surface area contributed by atoms with Crippen LogP contribution in [0.1, 0.15) is 36.5 Å². The van der Waals surface area contributed by atoms with E-state index in [1.807, 2.05) is 36.4 Å². The van der Waals surface area contributed by atoms with Crippen LogP contribution in [0.3, 0.4) is 0 Å². The first-order chi connectivity index (χ1) is 12.6. The lowest BCUT2D eigenvalue weighted by Crippen LogP contribution is -2.28. The lowest BCUT2D eigenvalue weighted by molar-refractivity contribution is -0.125. The second-order valence-corrected chi connectivity index (χ2v) is 6.28. The SMILES string of the molecule is COc1ccc(CCNC(=O)CO/N=C\c2ccc(C(C)C)cc2)cc1. The number of rotatable bonds is 9. The van der Waals surface area contributed by atoms with Gasteiger partial charge in [0.1, 0.15) is 5.75 Å². The smallest absolute Gasteiger partial charge is 0.260 e. The Bertz CT molecular complexity index is 707. The Morgan fingerprint density at radius 1 is 1.12 bits per heavy atom. The normalized spacial score (nSPS) is 10.9. The Morgan fingerprint density at radius 3 is 2.42 bits per heavy atom. The molecule has 1 N–H and O–H groups in total. The van der Waals surface area contributed by atoms with E-state index in [0.717, 1.165) is 23.3 Å². The Kier molecular flexibility index (Phi) is 7.68. The van der Waals surface area contributed by atoms with Gasteiger partial charge in [-0.05, 0) is 41.2 Å². The summed E-state index contributed by atoms with van der Waals surface area (Å²) in [5.41, 5.74) is 3.35. The summed E-state index contributed by atoms with van der Waals surface area (Å²) >= 11 is 0. The molecule has 0 heterocycles. The lowest BCUT2D eigenvalue weighted by atomic mass is 10.0. The molecule has 5 nitrogen and oxygen atoms in total. The van der Waals surface area contributed by atoms with Gasteiger partial charge in [0.05, 0.1) is 13.3 Å². The zero-order chi connectivity index (χ0) is 18.8. The number of ether oxygens (including phenoxy) is 1. The van der Waals surface area contributed by atoms with Crippen LogP contribution in [-0.4, -0.2) is 32.4 Å². The minimum Gasteiger partial charge on any atom is -0.497 e. The maximum absolute atomic E-state index is 11.7. The average Bonchev–Trinajstić information content (AvgIpc) is 2.66. The molecule has 138 valence electrons. The summed E-state index contributed by atoms with van der Waals surface area (Å²) in [4.78, 5) is 16.8. The van der Waals surface area contributed by atoms with Crippen LogP contribution in [0.15, 0.2) is 53.7 Å². The van der Waals surface area contributed by atoms with Gasteiger partial charge in [0.2, 0.25) is 0 Å². The molecule has 0 aliphatic rings. The Morgan fingerprint density at radius 2 is 1.81 bits per heavy atom. The molecule has 0 fully saturated rings. The molecule has 0 saturated carbocycles. The van der Waals surface area contributed by atoms with Crippen LogP contribution in [0.5, 0.6) is 5.75 Å². The molecule has 0 unspecified atom stereocenters. The Balaban J connectivity index is 1.65. The summed E-state index contributed by atoms with van der Waals surface area (Å²) in [6, 6.07) is 15.9. The quantitative estimate of drug-likeness (QED) is 0.554. The summed E-state index contributed by atoms with van der Waals surface area (Å²) in [5, 5.41) is 6.65. The van der Waals surface area contributed by atoms with Gasteiger partial charge in [0.15, 0.2) is 6.61 Å². The molecule has 2 aromatic carbocycles. The number of carbonyl (C=O) groups excluding carboxylic acids is 1. The van der Waals surface area contributed by atoms with Crippen LogP contribution in [0.4, 0.5) is 0 Å². The zero-order valence-corrected chi connectivity index (χ0v) is 15.6. The van der Waals surface area contributed by atoms with Gasteiger partial charge < -0.3 is 14.9 Å².